The first kappa shape index (κ1) is 18.2. The number of carbonyl (C=O) groups excluding carboxylic acids is 1. The van der Waals surface area contributed by atoms with Crippen molar-refractivity contribution < 1.29 is 9.53 Å². The summed E-state index contributed by atoms with van der Waals surface area (Å²) in [5.74, 6) is 0.794. The van der Waals surface area contributed by atoms with Gasteiger partial charge in [-0.25, -0.2) is 0 Å². The molecule has 0 saturated heterocycles. The van der Waals surface area contributed by atoms with Gasteiger partial charge >= 0.3 is 5.97 Å². The number of hydrogen-bond donors (Lipinski definition) is 0. The predicted molar refractivity (Wildman–Crippen MR) is 102 cm³/mol. The van der Waals surface area contributed by atoms with E-state index in [0.29, 0.717) is 11.8 Å². The van der Waals surface area contributed by atoms with E-state index in [2.05, 4.69) is 51.6 Å². The number of esters is 1. The number of ether oxygens (including phenoxy) is 1. The normalized spacial score (nSPS) is 35.1. The second-order valence-electron chi connectivity index (χ2n) is 8.70. The lowest BCUT2D eigenvalue weighted by Crippen LogP contribution is -2.54. The van der Waals surface area contributed by atoms with Gasteiger partial charge in [-0.1, -0.05) is 49.8 Å². The molecule has 2 nitrogen and oxygen atoms in total. The Balaban J connectivity index is 1.97. The van der Waals surface area contributed by atoms with Gasteiger partial charge in [-0.05, 0) is 74.3 Å². The van der Waals surface area contributed by atoms with Crippen LogP contribution in [0, 0.1) is 29.6 Å². The number of fused-ring (bicyclic) bond motifs is 1. The van der Waals surface area contributed by atoms with Gasteiger partial charge in [0.1, 0.15) is 0 Å². The maximum Gasteiger partial charge on any atom is 0.311 e. The number of methoxy groups -OCH3 is 1. The molecular weight excluding hydrogens is 308 g/mol. The molecule has 2 fully saturated rings. The zero-order chi connectivity index (χ0) is 18.2. The van der Waals surface area contributed by atoms with E-state index in [1.807, 2.05) is 0 Å². The first-order chi connectivity index (χ1) is 11.8. The Kier molecular flexibility index (Phi) is 4.83. The number of aryl methyl sites for hydroxylation is 1. The SMILES string of the molecule is C=C1CC[C@@H]2[C@](C)(CCC[C@]2(C)C(=O)OC)[C@H]1Cc1ccccc1C. The third kappa shape index (κ3) is 2.94. The van der Waals surface area contributed by atoms with Crippen LogP contribution in [0.1, 0.15) is 57.1 Å². The van der Waals surface area contributed by atoms with E-state index in [-0.39, 0.29) is 16.8 Å². The topological polar surface area (TPSA) is 26.3 Å². The van der Waals surface area contributed by atoms with Gasteiger partial charge in [0, 0.05) is 0 Å². The summed E-state index contributed by atoms with van der Waals surface area (Å²) >= 11 is 0. The highest BCUT2D eigenvalue weighted by atomic mass is 16.5. The maximum absolute atomic E-state index is 12.6. The largest absolute Gasteiger partial charge is 0.469 e. The van der Waals surface area contributed by atoms with Gasteiger partial charge in [-0.15, -0.1) is 0 Å². The van der Waals surface area contributed by atoms with Crippen molar-refractivity contribution >= 4 is 5.97 Å². The van der Waals surface area contributed by atoms with Crippen LogP contribution in [0.25, 0.3) is 0 Å². The smallest absolute Gasteiger partial charge is 0.311 e. The minimum Gasteiger partial charge on any atom is -0.469 e. The third-order valence-electron chi connectivity index (χ3n) is 7.36. The summed E-state index contributed by atoms with van der Waals surface area (Å²) in [5, 5.41) is 0. The van der Waals surface area contributed by atoms with Crippen LogP contribution < -0.4 is 0 Å². The minimum absolute atomic E-state index is 0.0226. The van der Waals surface area contributed by atoms with Crippen molar-refractivity contribution in [3.05, 3.63) is 47.5 Å². The van der Waals surface area contributed by atoms with Crippen LogP contribution in [0.2, 0.25) is 0 Å². The summed E-state index contributed by atoms with van der Waals surface area (Å²) in [6, 6.07) is 8.68. The van der Waals surface area contributed by atoms with Gasteiger partial charge in [0.15, 0.2) is 0 Å². The molecule has 3 rings (SSSR count). The van der Waals surface area contributed by atoms with Crippen molar-refractivity contribution in [2.45, 2.75) is 59.3 Å². The van der Waals surface area contributed by atoms with E-state index in [9.17, 15) is 4.79 Å². The second-order valence-corrected chi connectivity index (χ2v) is 8.70. The molecule has 2 saturated carbocycles. The first-order valence-electron chi connectivity index (χ1n) is 9.63. The average molecular weight is 341 g/mol. The van der Waals surface area contributed by atoms with Gasteiger partial charge < -0.3 is 4.74 Å². The van der Waals surface area contributed by atoms with E-state index in [1.54, 1.807) is 0 Å². The lowest BCUT2D eigenvalue weighted by atomic mass is 9.46. The lowest BCUT2D eigenvalue weighted by molar-refractivity contribution is -0.167. The lowest BCUT2D eigenvalue weighted by Gasteiger charge is -2.57. The molecule has 0 heterocycles. The summed E-state index contributed by atoms with van der Waals surface area (Å²) < 4.78 is 5.22. The highest BCUT2D eigenvalue weighted by Crippen LogP contribution is 2.61. The van der Waals surface area contributed by atoms with Crippen LogP contribution in [-0.2, 0) is 16.0 Å². The fourth-order valence-electron chi connectivity index (χ4n) is 5.86. The Hall–Kier alpha value is -1.57. The van der Waals surface area contributed by atoms with Crippen molar-refractivity contribution in [3.63, 3.8) is 0 Å². The number of hydrogen-bond acceptors (Lipinski definition) is 2. The highest BCUT2D eigenvalue weighted by molar-refractivity contribution is 5.77. The molecular formula is C23H32O2. The molecule has 2 aliphatic rings. The zero-order valence-electron chi connectivity index (χ0n) is 16.2. The summed E-state index contributed by atoms with van der Waals surface area (Å²) in [7, 11) is 1.53. The molecule has 136 valence electrons. The maximum atomic E-state index is 12.6. The van der Waals surface area contributed by atoms with Crippen molar-refractivity contribution in [3.8, 4) is 0 Å². The fourth-order valence-corrected chi connectivity index (χ4v) is 5.86. The number of benzene rings is 1. The van der Waals surface area contributed by atoms with Crippen LogP contribution >= 0.6 is 0 Å². The third-order valence-corrected chi connectivity index (χ3v) is 7.36. The highest BCUT2D eigenvalue weighted by Gasteiger charge is 2.57. The molecule has 0 amide bonds. The van der Waals surface area contributed by atoms with Crippen LogP contribution in [0.4, 0.5) is 0 Å². The number of rotatable bonds is 3. The molecule has 0 aliphatic heterocycles. The molecule has 1 aromatic carbocycles. The van der Waals surface area contributed by atoms with Crippen molar-refractivity contribution in [2.24, 2.45) is 22.7 Å². The van der Waals surface area contributed by atoms with Gasteiger partial charge in [-0.3, -0.25) is 4.79 Å². The van der Waals surface area contributed by atoms with Crippen molar-refractivity contribution in [2.75, 3.05) is 7.11 Å². The van der Waals surface area contributed by atoms with Gasteiger partial charge in [0.25, 0.3) is 0 Å². The quantitative estimate of drug-likeness (QED) is 0.537. The molecule has 0 bridgehead atoms. The Labute approximate surface area is 152 Å². The Bertz CT molecular complexity index is 676. The number of carbonyl (C=O) groups is 1. The molecule has 0 aromatic heterocycles. The Morgan fingerprint density at radius 1 is 1.28 bits per heavy atom. The van der Waals surface area contributed by atoms with Crippen molar-refractivity contribution in [1.29, 1.82) is 0 Å². The Morgan fingerprint density at radius 3 is 2.68 bits per heavy atom. The summed E-state index contributed by atoms with van der Waals surface area (Å²) in [6.07, 6.45) is 6.35. The summed E-state index contributed by atoms with van der Waals surface area (Å²) in [5.41, 5.74) is 3.91. The average Bonchev–Trinajstić information content (AvgIpc) is 2.58. The van der Waals surface area contributed by atoms with Gasteiger partial charge in [0.05, 0.1) is 12.5 Å². The minimum atomic E-state index is -0.355. The van der Waals surface area contributed by atoms with Crippen molar-refractivity contribution in [1.82, 2.24) is 0 Å². The summed E-state index contributed by atoms with van der Waals surface area (Å²) in [6.45, 7) is 11.2. The van der Waals surface area contributed by atoms with E-state index < -0.39 is 0 Å². The Morgan fingerprint density at radius 2 is 2.00 bits per heavy atom. The van der Waals surface area contributed by atoms with E-state index in [4.69, 9.17) is 4.74 Å². The van der Waals surface area contributed by atoms with E-state index >= 15 is 0 Å². The zero-order valence-corrected chi connectivity index (χ0v) is 16.2. The van der Waals surface area contributed by atoms with Crippen LogP contribution in [0.15, 0.2) is 36.4 Å². The van der Waals surface area contributed by atoms with Crippen LogP contribution in [-0.4, -0.2) is 13.1 Å². The van der Waals surface area contributed by atoms with Gasteiger partial charge in [0.2, 0.25) is 0 Å². The monoisotopic (exact) mass is 340 g/mol. The molecule has 0 N–H and O–H groups in total. The molecule has 0 unspecified atom stereocenters. The standard InChI is InChI=1S/C23H32O2/c1-16-9-6-7-10-18(16)15-19-17(2)11-12-20-22(19,3)13-8-14-23(20,4)21(24)25-5/h6-7,9-10,19-20H,2,8,11-15H2,1,3-5H3/t19-,20+,22+,23-/m0/s1. The fraction of sp³-hybridized carbons (Fsp3) is 0.609. The predicted octanol–water partition coefficient (Wildman–Crippen LogP) is 5.49. The molecule has 2 aliphatic carbocycles. The molecule has 0 spiro atoms. The molecule has 2 heteroatoms. The second kappa shape index (κ2) is 6.63. The molecule has 1 aromatic rings. The molecule has 4 atom stereocenters. The first-order valence-corrected chi connectivity index (χ1v) is 9.63. The van der Waals surface area contributed by atoms with E-state index in [0.717, 1.165) is 32.1 Å². The van der Waals surface area contributed by atoms with E-state index in [1.165, 1.54) is 30.2 Å². The van der Waals surface area contributed by atoms with Gasteiger partial charge in [-0.2, -0.15) is 0 Å². The summed E-state index contributed by atoms with van der Waals surface area (Å²) in [4.78, 5) is 12.6. The van der Waals surface area contributed by atoms with Crippen LogP contribution in [0.5, 0.6) is 0 Å². The number of allylic oxidation sites excluding steroid dienone is 1. The molecule has 0 radical (unpaired) electrons. The molecule has 25 heavy (non-hydrogen) atoms. The van der Waals surface area contributed by atoms with Crippen LogP contribution in [0.3, 0.4) is 0 Å².